The van der Waals surface area contributed by atoms with Gasteiger partial charge in [-0.3, -0.25) is 4.90 Å². The molecule has 202 valence electrons. The molecule has 0 amide bonds. The number of anilines is 3. The first-order valence-corrected chi connectivity index (χ1v) is 12.1. The Morgan fingerprint density at radius 2 is 1.95 bits per heavy atom. The summed E-state index contributed by atoms with van der Waals surface area (Å²) in [5.74, 6) is -0.547. The SMILES string of the molecule is Nc1nc(NCCN2CCN(c3cc(OC[C@H](O)CO)c(F)cc3F)CC2)nc2cc(-c3ccco3)nn12. The number of nitrogens with one attached hydrogen (secondary N) is 1. The van der Waals surface area contributed by atoms with Crippen molar-refractivity contribution in [2.45, 2.75) is 6.10 Å². The van der Waals surface area contributed by atoms with Crippen LogP contribution in [0.3, 0.4) is 0 Å². The normalized spacial score (nSPS) is 15.2. The van der Waals surface area contributed by atoms with Gasteiger partial charge in [0.05, 0.1) is 18.6 Å². The number of benzene rings is 1. The minimum absolute atomic E-state index is 0.175. The molecule has 3 aromatic heterocycles. The first-order valence-electron chi connectivity index (χ1n) is 12.1. The van der Waals surface area contributed by atoms with Crippen LogP contribution in [0.2, 0.25) is 0 Å². The highest BCUT2D eigenvalue weighted by molar-refractivity contribution is 5.61. The van der Waals surface area contributed by atoms with Crippen LogP contribution in [0.1, 0.15) is 0 Å². The molecule has 0 bridgehead atoms. The van der Waals surface area contributed by atoms with E-state index in [1.807, 2.05) is 4.90 Å². The van der Waals surface area contributed by atoms with E-state index >= 15 is 0 Å². The lowest BCUT2D eigenvalue weighted by atomic mass is 10.2. The van der Waals surface area contributed by atoms with E-state index in [1.54, 1.807) is 24.5 Å². The van der Waals surface area contributed by atoms with Crippen LogP contribution in [0, 0.1) is 11.6 Å². The topological polar surface area (TPSA) is 150 Å². The third kappa shape index (κ3) is 5.61. The smallest absolute Gasteiger partial charge is 0.228 e. The van der Waals surface area contributed by atoms with Gasteiger partial charge in [0.1, 0.15) is 24.2 Å². The second kappa shape index (κ2) is 11.2. The molecule has 38 heavy (non-hydrogen) atoms. The van der Waals surface area contributed by atoms with E-state index in [0.717, 1.165) is 6.07 Å². The molecule has 0 unspecified atom stereocenters. The molecule has 5 N–H and O–H groups in total. The largest absolute Gasteiger partial charge is 0.488 e. The van der Waals surface area contributed by atoms with Crippen molar-refractivity contribution in [2.75, 3.05) is 68.4 Å². The molecule has 0 radical (unpaired) electrons. The summed E-state index contributed by atoms with van der Waals surface area (Å²) in [7, 11) is 0. The predicted molar refractivity (Wildman–Crippen MR) is 135 cm³/mol. The lowest BCUT2D eigenvalue weighted by Crippen LogP contribution is -2.48. The Kier molecular flexibility index (Phi) is 7.53. The fourth-order valence-corrected chi connectivity index (χ4v) is 4.18. The van der Waals surface area contributed by atoms with Gasteiger partial charge >= 0.3 is 0 Å². The maximum absolute atomic E-state index is 14.5. The minimum atomic E-state index is -1.15. The molecule has 12 nitrogen and oxygen atoms in total. The molecule has 1 aromatic carbocycles. The third-order valence-corrected chi connectivity index (χ3v) is 6.19. The van der Waals surface area contributed by atoms with E-state index in [9.17, 15) is 13.9 Å². The molecular weight excluding hydrogens is 502 g/mol. The van der Waals surface area contributed by atoms with E-state index in [1.165, 1.54) is 10.6 Å². The summed E-state index contributed by atoms with van der Waals surface area (Å²) < 4.78 is 40.7. The summed E-state index contributed by atoms with van der Waals surface area (Å²) in [6, 6.07) is 7.40. The number of hydrogen-bond donors (Lipinski definition) is 4. The number of aliphatic hydroxyl groups is 2. The summed E-state index contributed by atoms with van der Waals surface area (Å²) >= 11 is 0. The number of nitrogens with zero attached hydrogens (tertiary/aromatic N) is 6. The van der Waals surface area contributed by atoms with Crippen LogP contribution >= 0.6 is 0 Å². The van der Waals surface area contributed by atoms with E-state index in [4.69, 9.17) is 20.0 Å². The second-order valence-electron chi connectivity index (χ2n) is 8.82. The molecular formula is C24H28F2N8O4. The first-order chi connectivity index (χ1) is 18.4. The third-order valence-electron chi connectivity index (χ3n) is 6.19. The molecule has 1 fully saturated rings. The summed E-state index contributed by atoms with van der Waals surface area (Å²) in [5, 5.41) is 25.9. The molecule has 1 aliphatic heterocycles. The summed E-state index contributed by atoms with van der Waals surface area (Å²) in [4.78, 5) is 12.8. The first kappa shape index (κ1) is 25.6. The summed E-state index contributed by atoms with van der Waals surface area (Å²) in [6.07, 6.45) is 0.416. The Bertz CT molecular complexity index is 1380. The van der Waals surface area contributed by atoms with E-state index in [-0.39, 0.29) is 24.0 Å². The molecule has 4 heterocycles. The molecule has 0 aliphatic carbocycles. The Hall–Kier alpha value is -4.01. The summed E-state index contributed by atoms with van der Waals surface area (Å²) in [6.45, 7) is 2.82. The van der Waals surface area contributed by atoms with E-state index < -0.39 is 24.3 Å². The number of aliphatic hydroxyl groups excluding tert-OH is 2. The van der Waals surface area contributed by atoms with Gasteiger partial charge in [0, 0.05) is 57.5 Å². The number of ether oxygens (including phenoxy) is 1. The van der Waals surface area contributed by atoms with Crippen LogP contribution in [0.4, 0.5) is 26.4 Å². The van der Waals surface area contributed by atoms with Crippen molar-refractivity contribution in [1.82, 2.24) is 24.5 Å². The standard InChI is InChI=1S/C24H28F2N8O4/c25-16-10-17(26)21(38-14-15(36)13-35)12-19(16)33-7-5-32(6-8-33)4-3-28-24-29-22-11-18(20-2-1-9-37-20)31-34(22)23(27)30-24/h1-2,9-12,15,35-36H,3-8,13-14H2,(H3,27,28,29,30)/t15-/m1/s1. The van der Waals surface area contributed by atoms with Gasteiger partial charge in [0.15, 0.2) is 23.0 Å². The molecule has 0 saturated carbocycles. The number of nitrogen functional groups attached to an aromatic ring is 1. The van der Waals surface area contributed by atoms with Crippen LogP contribution in [0.25, 0.3) is 17.1 Å². The van der Waals surface area contributed by atoms with Crippen LogP contribution in [0.15, 0.2) is 41.0 Å². The van der Waals surface area contributed by atoms with Crippen LogP contribution in [0.5, 0.6) is 5.75 Å². The van der Waals surface area contributed by atoms with Crippen molar-refractivity contribution >= 4 is 23.2 Å². The van der Waals surface area contributed by atoms with Gasteiger partial charge in [-0.05, 0) is 12.1 Å². The highest BCUT2D eigenvalue weighted by Gasteiger charge is 2.22. The zero-order chi connectivity index (χ0) is 26.6. The number of furan rings is 1. The quantitative estimate of drug-likeness (QED) is 0.234. The van der Waals surface area contributed by atoms with Crippen molar-refractivity contribution in [3.05, 3.63) is 48.2 Å². The number of nitrogens with two attached hydrogens (primary N) is 1. The van der Waals surface area contributed by atoms with Gasteiger partial charge < -0.3 is 35.3 Å². The van der Waals surface area contributed by atoms with Gasteiger partial charge in [-0.15, -0.1) is 0 Å². The zero-order valence-electron chi connectivity index (χ0n) is 20.4. The van der Waals surface area contributed by atoms with Crippen molar-refractivity contribution in [1.29, 1.82) is 0 Å². The number of rotatable bonds is 10. The van der Waals surface area contributed by atoms with Crippen LogP contribution in [-0.2, 0) is 0 Å². The van der Waals surface area contributed by atoms with E-state index in [0.29, 0.717) is 62.3 Å². The molecule has 0 spiro atoms. The van der Waals surface area contributed by atoms with Crippen molar-refractivity contribution < 1.29 is 28.1 Å². The lowest BCUT2D eigenvalue weighted by Gasteiger charge is -2.36. The fourth-order valence-electron chi connectivity index (χ4n) is 4.18. The molecule has 1 atom stereocenters. The molecule has 1 aliphatic rings. The fraction of sp³-hybridized carbons (Fsp3) is 0.375. The Labute approximate surface area is 216 Å². The number of aromatic nitrogens is 4. The van der Waals surface area contributed by atoms with Gasteiger partial charge in [0.2, 0.25) is 11.9 Å². The predicted octanol–water partition coefficient (Wildman–Crippen LogP) is 1.21. The average Bonchev–Trinajstić information content (AvgIpc) is 3.59. The van der Waals surface area contributed by atoms with Crippen LogP contribution < -0.4 is 20.7 Å². The molecule has 5 rings (SSSR count). The van der Waals surface area contributed by atoms with Crippen molar-refractivity contribution in [2.24, 2.45) is 0 Å². The summed E-state index contributed by atoms with van der Waals surface area (Å²) in [5.41, 5.74) is 7.42. The number of fused-ring (bicyclic) bond motifs is 1. The molecule has 1 saturated heterocycles. The Balaban J connectivity index is 1.14. The van der Waals surface area contributed by atoms with Crippen molar-refractivity contribution in [3.63, 3.8) is 0 Å². The number of hydrogen-bond acceptors (Lipinski definition) is 11. The second-order valence-corrected chi connectivity index (χ2v) is 8.82. The lowest BCUT2D eigenvalue weighted by molar-refractivity contribution is 0.0523. The van der Waals surface area contributed by atoms with Gasteiger partial charge in [0.25, 0.3) is 0 Å². The highest BCUT2D eigenvalue weighted by atomic mass is 19.1. The maximum Gasteiger partial charge on any atom is 0.228 e. The van der Waals surface area contributed by atoms with Gasteiger partial charge in [-0.2, -0.15) is 19.6 Å². The minimum Gasteiger partial charge on any atom is -0.488 e. The molecule has 14 heteroatoms. The highest BCUT2D eigenvalue weighted by Crippen LogP contribution is 2.29. The Morgan fingerprint density at radius 3 is 2.68 bits per heavy atom. The van der Waals surface area contributed by atoms with E-state index in [2.05, 4.69) is 25.3 Å². The van der Waals surface area contributed by atoms with Crippen LogP contribution in [-0.4, -0.2) is 93.3 Å². The average molecular weight is 531 g/mol. The van der Waals surface area contributed by atoms with Crippen molar-refractivity contribution in [3.8, 4) is 17.2 Å². The maximum atomic E-state index is 14.5. The molecule has 4 aromatic rings. The van der Waals surface area contributed by atoms with Gasteiger partial charge in [-0.25, -0.2) is 8.78 Å². The monoisotopic (exact) mass is 530 g/mol. The zero-order valence-corrected chi connectivity index (χ0v) is 20.4. The number of halogens is 2. The number of piperazine rings is 1. The Morgan fingerprint density at radius 1 is 1.13 bits per heavy atom. The van der Waals surface area contributed by atoms with Gasteiger partial charge in [-0.1, -0.05) is 0 Å².